The second kappa shape index (κ2) is 6.38. The normalized spacial score (nSPS) is 23.4. The van der Waals surface area contributed by atoms with Crippen LogP contribution < -0.4 is 10.5 Å². The number of ether oxygens (including phenoxy) is 1. The number of methoxy groups -OCH3 is 1. The molecule has 0 radical (unpaired) electrons. The Morgan fingerprint density at radius 2 is 2.35 bits per heavy atom. The van der Waals surface area contributed by atoms with Crippen molar-refractivity contribution in [3.05, 3.63) is 23.4 Å². The molecule has 0 aromatic carbocycles. The number of carbonyl (C=O) groups is 2. The lowest BCUT2D eigenvalue weighted by Crippen LogP contribution is -2.68. The second-order valence-electron chi connectivity index (χ2n) is 4.90. The summed E-state index contributed by atoms with van der Waals surface area (Å²) < 4.78 is 4.94. The average molecular weight is 354 g/mol. The number of aliphatic carboxylic acids is 1. The topological polar surface area (TPSA) is 119 Å². The molecule has 23 heavy (non-hydrogen) atoms. The maximum atomic E-state index is 11.8. The predicted molar refractivity (Wildman–Crippen MR) is 85.0 cm³/mol. The van der Waals surface area contributed by atoms with Crippen LogP contribution in [0.25, 0.3) is 0 Å². The Labute approximate surface area is 140 Å². The summed E-state index contributed by atoms with van der Waals surface area (Å²) >= 11 is 2.85. The van der Waals surface area contributed by atoms with Crippen molar-refractivity contribution in [2.24, 2.45) is 5.73 Å². The molecular formula is C13H14N4O4S2. The summed E-state index contributed by atoms with van der Waals surface area (Å²) in [4.78, 5) is 24.7. The van der Waals surface area contributed by atoms with Gasteiger partial charge in [0.2, 0.25) is 11.8 Å². The predicted octanol–water partition coefficient (Wildman–Crippen LogP) is 0.158. The van der Waals surface area contributed by atoms with Crippen LogP contribution in [-0.4, -0.2) is 62.1 Å². The zero-order chi connectivity index (χ0) is 16.6. The number of fused-ring (bicyclic) bond motifs is 1. The number of hydrogen-bond donors (Lipinski definition) is 2. The molecule has 1 aromatic heterocycles. The summed E-state index contributed by atoms with van der Waals surface area (Å²) in [6.45, 7) is 0. The monoisotopic (exact) mass is 354 g/mol. The third-order valence-corrected chi connectivity index (χ3v) is 5.88. The molecule has 1 saturated heterocycles. The van der Waals surface area contributed by atoms with Gasteiger partial charge in [-0.15, -0.1) is 33.7 Å². The third-order valence-electron chi connectivity index (χ3n) is 3.51. The zero-order valence-corrected chi connectivity index (χ0v) is 13.8. The first-order chi connectivity index (χ1) is 11.0. The van der Waals surface area contributed by atoms with E-state index in [4.69, 9.17) is 10.5 Å². The minimum Gasteiger partial charge on any atom is -0.480 e. The lowest BCUT2D eigenvalue weighted by Gasteiger charge is -2.48. The van der Waals surface area contributed by atoms with Crippen LogP contribution >= 0.6 is 23.5 Å². The summed E-state index contributed by atoms with van der Waals surface area (Å²) in [5.74, 6) is -0.0869. The number of carboxylic acid groups (broad SMARTS) is 1. The summed E-state index contributed by atoms with van der Waals surface area (Å²) in [5, 5.41) is 17.7. The molecule has 0 spiro atoms. The van der Waals surface area contributed by atoms with E-state index in [2.05, 4.69) is 10.2 Å². The zero-order valence-electron chi connectivity index (χ0n) is 12.1. The average Bonchev–Trinajstić information content (AvgIpc) is 2.58. The highest BCUT2D eigenvalue weighted by atomic mass is 32.2. The second-order valence-corrected chi connectivity index (χ2v) is 7.00. The Bertz CT molecular complexity index is 679. The first kappa shape index (κ1) is 16.1. The van der Waals surface area contributed by atoms with Gasteiger partial charge in [-0.25, -0.2) is 4.79 Å². The van der Waals surface area contributed by atoms with Gasteiger partial charge in [-0.05, 0) is 11.6 Å². The van der Waals surface area contributed by atoms with Crippen LogP contribution in [0.2, 0.25) is 0 Å². The van der Waals surface area contributed by atoms with Crippen molar-refractivity contribution in [3.63, 3.8) is 0 Å². The molecule has 1 amide bonds. The molecule has 1 unspecified atom stereocenters. The Hall–Kier alpha value is -1.78. The largest absolute Gasteiger partial charge is 0.480 e. The highest BCUT2D eigenvalue weighted by molar-refractivity contribution is 8.01. The molecule has 0 saturated carbocycles. The van der Waals surface area contributed by atoms with Gasteiger partial charge in [0.25, 0.3) is 0 Å². The van der Waals surface area contributed by atoms with E-state index in [0.717, 1.165) is 0 Å². The van der Waals surface area contributed by atoms with Gasteiger partial charge in [0.05, 0.1) is 7.11 Å². The Balaban J connectivity index is 1.76. The SMILES string of the molecule is COc1ccc(SCC2=C(C(=O)O)N3C(=O)C(N)[C@H]3SC2)nn1. The molecule has 3 rings (SSSR count). The van der Waals surface area contributed by atoms with Gasteiger partial charge in [-0.1, -0.05) is 0 Å². The maximum absolute atomic E-state index is 11.8. The van der Waals surface area contributed by atoms with Gasteiger partial charge in [0, 0.05) is 17.6 Å². The molecule has 1 fully saturated rings. The fraction of sp³-hybridized carbons (Fsp3) is 0.385. The van der Waals surface area contributed by atoms with E-state index >= 15 is 0 Å². The van der Waals surface area contributed by atoms with Crippen LogP contribution in [0.5, 0.6) is 5.88 Å². The number of nitrogens with zero attached hydrogens (tertiary/aromatic N) is 3. The minimum absolute atomic E-state index is 0.0504. The molecule has 2 atom stereocenters. The van der Waals surface area contributed by atoms with Gasteiger partial charge < -0.3 is 15.6 Å². The van der Waals surface area contributed by atoms with Crippen LogP contribution in [0, 0.1) is 0 Å². The maximum Gasteiger partial charge on any atom is 0.352 e. The van der Waals surface area contributed by atoms with Crippen molar-refractivity contribution in [2.75, 3.05) is 18.6 Å². The van der Waals surface area contributed by atoms with Crippen LogP contribution in [-0.2, 0) is 9.59 Å². The van der Waals surface area contributed by atoms with Crippen LogP contribution in [0.4, 0.5) is 0 Å². The van der Waals surface area contributed by atoms with E-state index in [1.165, 1.54) is 35.5 Å². The van der Waals surface area contributed by atoms with Crippen molar-refractivity contribution in [1.29, 1.82) is 0 Å². The number of hydrogen-bond acceptors (Lipinski definition) is 8. The molecule has 122 valence electrons. The number of rotatable bonds is 5. The Kier molecular flexibility index (Phi) is 4.46. The van der Waals surface area contributed by atoms with E-state index in [-0.39, 0.29) is 17.0 Å². The molecule has 8 nitrogen and oxygen atoms in total. The summed E-state index contributed by atoms with van der Waals surface area (Å²) in [6, 6.07) is 2.82. The first-order valence-corrected chi connectivity index (χ1v) is 8.72. The van der Waals surface area contributed by atoms with Crippen molar-refractivity contribution < 1.29 is 19.4 Å². The number of thioether (sulfide) groups is 2. The van der Waals surface area contributed by atoms with Gasteiger partial charge in [-0.3, -0.25) is 9.69 Å². The Morgan fingerprint density at radius 3 is 2.96 bits per heavy atom. The fourth-order valence-corrected chi connectivity index (χ4v) is 4.59. The van der Waals surface area contributed by atoms with Crippen molar-refractivity contribution in [3.8, 4) is 5.88 Å². The van der Waals surface area contributed by atoms with Gasteiger partial charge >= 0.3 is 5.97 Å². The molecule has 2 aliphatic heterocycles. The third kappa shape index (κ3) is 2.89. The number of amides is 1. The summed E-state index contributed by atoms with van der Waals surface area (Å²) in [6.07, 6.45) is 0. The first-order valence-electron chi connectivity index (χ1n) is 6.69. The Morgan fingerprint density at radius 1 is 1.57 bits per heavy atom. The highest BCUT2D eigenvalue weighted by Crippen LogP contribution is 2.40. The van der Waals surface area contributed by atoms with E-state index in [1.54, 1.807) is 12.1 Å². The number of carboxylic acids is 1. The van der Waals surface area contributed by atoms with Gasteiger partial charge in [-0.2, -0.15) is 0 Å². The number of nitrogens with two attached hydrogens (primary N) is 1. The van der Waals surface area contributed by atoms with Crippen molar-refractivity contribution in [2.45, 2.75) is 16.4 Å². The quantitative estimate of drug-likeness (QED) is 0.563. The number of carbonyl (C=O) groups excluding carboxylic acids is 1. The highest BCUT2D eigenvalue weighted by Gasteiger charge is 2.51. The van der Waals surface area contributed by atoms with Gasteiger partial charge in [0.1, 0.15) is 22.1 Å². The standard InChI is InChI=1S/C13H14N4O4S2/c1-21-7-2-3-8(16-15-7)22-4-6-5-23-12-9(14)11(18)17(12)10(6)13(19)20/h2-3,9,12H,4-5,14H2,1H3,(H,19,20)/t9?,12-/m1/s1. The van der Waals surface area contributed by atoms with E-state index in [9.17, 15) is 14.7 Å². The van der Waals surface area contributed by atoms with Crippen LogP contribution in [0.15, 0.2) is 28.4 Å². The lowest BCUT2D eigenvalue weighted by atomic mass is 10.0. The molecule has 2 aliphatic rings. The summed E-state index contributed by atoms with van der Waals surface area (Å²) in [7, 11) is 1.51. The molecular weight excluding hydrogens is 340 g/mol. The molecule has 10 heteroatoms. The van der Waals surface area contributed by atoms with Crippen molar-refractivity contribution >= 4 is 35.4 Å². The lowest BCUT2D eigenvalue weighted by molar-refractivity contribution is -0.147. The van der Waals surface area contributed by atoms with Gasteiger partial charge in [0.15, 0.2) is 0 Å². The van der Waals surface area contributed by atoms with Crippen molar-refractivity contribution in [1.82, 2.24) is 15.1 Å². The van der Waals surface area contributed by atoms with E-state index in [0.29, 0.717) is 28.0 Å². The smallest absolute Gasteiger partial charge is 0.352 e. The number of β-lactam (4-membered cyclic amide) rings is 1. The minimum atomic E-state index is -1.10. The summed E-state index contributed by atoms with van der Waals surface area (Å²) in [5.41, 5.74) is 6.45. The molecule has 1 aromatic rings. The van der Waals surface area contributed by atoms with Crippen LogP contribution in [0.3, 0.4) is 0 Å². The van der Waals surface area contributed by atoms with Crippen LogP contribution in [0.1, 0.15) is 0 Å². The molecule has 3 heterocycles. The molecule has 0 aliphatic carbocycles. The molecule has 3 N–H and O–H groups in total. The molecule has 0 bridgehead atoms. The fourth-order valence-electron chi connectivity index (χ4n) is 2.35. The van der Waals surface area contributed by atoms with E-state index < -0.39 is 12.0 Å². The van der Waals surface area contributed by atoms with E-state index in [1.807, 2.05) is 0 Å². The number of aromatic nitrogens is 2.